The summed E-state index contributed by atoms with van der Waals surface area (Å²) in [5.74, 6) is 0.605. The van der Waals surface area contributed by atoms with Gasteiger partial charge in [0.2, 0.25) is 0 Å². The van der Waals surface area contributed by atoms with Gasteiger partial charge in [-0.25, -0.2) is 19.2 Å². The van der Waals surface area contributed by atoms with E-state index in [9.17, 15) is 9.18 Å². The Hall–Kier alpha value is -3.23. The predicted molar refractivity (Wildman–Crippen MR) is 144 cm³/mol. The molecule has 5 rings (SSSR count). The second-order valence-corrected chi connectivity index (χ2v) is 11.1. The van der Waals surface area contributed by atoms with Gasteiger partial charge in [-0.05, 0) is 62.2 Å². The molecule has 1 saturated heterocycles. The molecule has 2 amide bonds. The molecule has 0 radical (unpaired) electrons. The summed E-state index contributed by atoms with van der Waals surface area (Å²) in [4.78, 5) is 27.4. The summed E-state index contributed by atoms with van der Waals surface area (Å²) in [6, 6.07) is 15.8. The summed E-state index contributed by atoms with van der Waals surface area (Å²) in [6.07, 6.45) is 1.58. The zero-order valence-electron chi connectivity index (χ0n) is 20.3. The third-order valence-corrected chi connectivity index (χ3v) is 8.00. The number of nitrogens with zero attached hydrogens (tertiary/aromatic N) is 4. The van der Waals surface area contributed by atoms with E-state index in [1.54, 1.807) is 29.8 Å². The maximum Gasteiger partial charge on any atom is 0.318 e. The Morgan fingerprint density at radius 3 is 2.53 bits per heavy atom. The van der Waals surface area contributed by atoms with Crippen molar-refractivity contribution in [1.82, 2.24) is 20.2 Å². The molecule has 1 fully saturated rings. The van der Waals surface area contributed by atoms with Crippen LogP contribution in [0.3, 0.4) is 0 Å². The first kappa shape index (κ1) is 24.5. The fourth-order valence-corrected chi connectivity index (χ4v) is 5.89. The number of carbonyl (C=O) groups excluding carboxylic acids is 1. The van der Waals surface area contributed by atoms with Crippen LogP contribution in [-0.2, 0) is 0 Å². The van der Waals surface area contributed by atoms with Crippen LogP contribution in [-0.4, -0.2) is 46.1 Å². The minimum atomic E-state index is -0.420. The summed E-state index contributed by atoms with van der Waals surface area (Å²) >= 11 is 7.60. The fraction of sp³-hybridized carbons (Fsp3) is 0.296. The minimum absolute atomic E-state index is 0.0929. The second kappa shape index (κ2) is 9.67. The molecule has 4 aromatic rings. The monoisotopic (exact) mass is 523 g/mol. The van der Waals surface area contributed by atoms with Gasteiger partial charge in [0.15, 0.2) is 0 Å². The number of anilines is 1. The molecule has 0 saturated carbocycles. The van der Waals surface area contributed by atoms with Crippen LogP contribution in [0.15, 0.2) is 60.9 Å². The van der Waals surface area contributed by atoms with E-state index in [4.69, 9.17) is 11.6 Å². The lowest BCUT2D eigenvalue weighted by Crippen LogP contribution is -2.63. The molecule has 0 bridgehead atoms. The summed E-state index contributed by atoms with van der Waals surface area (Å²) in [5.41, 5.74) is 2.39. The van der Waals surface area contributed by atoms with Crippen LogP contribution >= 0.6 is 22.9 Å². The maximum absolute atomic E-state index is 13.4. The number of rotatable bonds is 4. The van der Waals surface area contributed by atoms with Crippen molar-refractivity contribution >= 4 is 45.0 Å². The van der Waals surface area contributed by atoms with Gasteiger partial charge in [0.25, 0.3) is 0 Å². The number of benzene rings is 2. The molecular weight excluding hydrogens is 497 g/mol. The van der Waals surface area contributed by atoms with Gasteiger partial charge in [0.05, 0.1) is 21.8 Å². The van der Waals surface area contributed by atoms with Gasteiger partial charge in [0, 0.05) is 29.5 Å². The topological polar surface area (TPSA) is 61.4 Å². The molecule has 1 atom stereocenters. The fourth-order valence-electron chi connectivity index (χ4n) is 4.63. The van der Waals surface area contributed by atoms with Crippen LogP contribution in [0, 0.1) is 5.82 Å². The van der Waals surface area contributed by atoms with Crippen molar-refractivity contribution in [3.63, 3.8) is 0 Å². The molecule has 36 heavy (non-hydrogen) atoms. The molecule has 1 aliphatic heterocycles. The minimum Gasteiger partial charge on any atom is -0.351 e. The van der Waals surface area contributed by atoms with Crippen molar-refractivity contribution in [3.05, 3.63) is 77.3 Å². The van der Waals surface area contributed by atoms with Crippen LogP contribution in [0.4, 0.5) is 15.0 Å². The smallest absolute Gasteiger partial charge is 0.318 e. The Kier molecular flexibility index (Phi) is 6.57. The molecule has 0 spiro atoms. The van der Waals surface area contributed by atoms with E-state index in [0.29, 0.717) is 24.7 Å². The van der Waals surface area contributed by atoms with Gasteiger partial charge in [0.1, 0.15) is 18.0 Å². The van der Waals surface area contributed by atoms with Crippen LogP contribution in [0.5, 0.6) is 0 Å². The summed E-state index contributed by atoms with van der Waals surface area (Å²) in [7, 11) is 0. The van der Waals surface area contributed by atoms with Gasteiger partial charge in [-0.2, -0.15) is 0 Å². The van der Waals surface area contributed by atoms with E-state index in [2.05, 4.69) is 34.0 Å². The normalized spacial score (nSPS) is 16.2. The van der Waals surface area contributed by atoms with E-state index in [1.807, 2.05) is 42.2 Å². The Bertz CT molecular complexity index is 1390. The second-order valence-electron chi connectivity index (χ2n) is 9.64. The molecule has 3 heterocycles. The van der Waals surface area contributed by atoms with Crippen molar-refractivity contribution < 1.29 is 9.18 Å². The first-order chi connectivity index (χ1) is 17.2. The average Bonchev–Trinajstić information content (AvgIpc) is 3.28. The van der Waals surface area contributed by atoms with Gasteiger partial charge in [-0.15, -0.1) is 11.3 Å². The van der Waals surface area contributed by atoms with E-state index < -0.39 is 5.54 Å². The largest absolute Gasteiger partial charge is 0.351 e. The number of halogens is 2. The van der Waals surface area contributed by atoms with Gasteiger partial charge in [-0.1, -0.05) is 35.9 Å². The van der Waals surface area contributed by atoms with Gasteiger partial charge in [-0.3, -0.25) is 0 Å². The lowest BCUT2D eigenvalue weighted by Gasteiger charge is -2.47. The van der Waals surface area contributed by atoms with Crippen molar-refractivity contribution in [1.29, 1.82) is 0 Å². The predicted octanol–water partition coefficient (Wildman–Crippen LogP) is 6.52. The summed E-state index contributed by atoms with van der Waals surface area (Å²) in [6.45, 7) is 7.96. The Morgan fingerprint density at radius 1 is 1.11 bits per heavy atom. The third-order valence-electron chi connectivity index (χ3n) is 6.58. The first-order valence-electron chi connectivity index (χ1n) is 11.8. The van der Waals surface area contributed by atoms with Crippen LogP contribution in [0.2, 0.25) is 5.02 Å². The molecule has 1 aliphatic rings. The lowest BCUT2D eigenvalue weighted by atomic mass is 9.99. The van der Waals surface area contributed by atoms with Crippen molar-refractivity contribution in [2.45, 2.75) is 32.4 Å². The number of piperazine rings is 1. The Balaban J connectivity index is 1.33. The highest BCUT2D eigenvalue weighted by Gasteiger charge is 2.38. The van der Waals surface area contributed by atoms with E-state index in [0.717, 1.165) is 32.0 Å². The Morgan fingerprint density at radius 2 is 1.83 bits per heavy atom. The van der Waals surface area contributed by atoms with E-state index >= 15 is 0 Å². The van der Waals surface area contributed by atoms with Crippen molar-refractivity contribution in [2.24, 2.45) is 0 Å². The number of hydrogen-bond donors (Lipinski definition) is 1. The van der Waals surface area contributed by atoms with Crippen molar-refractivity contribution in [3.8, 4) is 10.4 Å². The number of carbonyl (C=O) groups is 1. The van der Waals surface area contributed by atoms with Gasteiger partial charge >= 0.3 is 6.03 Å². The zero-order valence-corrected chi connectivity index (χ0v) is 21.9. The standard InChI is InChI=1S/C27H27ClFN5OS/c1-17(18-4-8-20(28)9-5-18)32-26(35)34-13-12-33(15-27(34,2)3)25-24-22(30-16-31-25)14-23(36-24)19-6-10-21(29)11-7-19/h4-11,14,16-17H,12-13,15H2,1-3H3,(H,32,35)/t17-/m0/s1. The highest BCUT2D eigenvalue weighted by molar-refractivity contribution is 7.22. The number of fused-ring (bicyclic) bond motifs is 1. The summed E-state index contributed by atoms with van der Waals surface area (Å²) < 4.78 is 14.4. The number of hydrogen-bond acceptors (Lipinski definition) is 5. The maximum atomic E-state index is 13.4. The Labute approximate surface area is 218 Å². The zero-order chi connectivity index (χ0) is 25.4. The number of urea groups is 1. The number of aromatic nitrogens is 2. The lowest BCUT2D eigenvalue weighted by molar-refractivity contribution is 0.121. The molecule has 6 nitrogen and oxygen atoms in total. The molecule has 0 unspecified atom stereocenters. The molecule has 186 valence electrons. The van der Waals surface area contributed by atoms with Crippen LogP contribution < -0.4 is 10.2 Å². The first-order valence-corrected chi connectivity index (χ1v) is 13.0. The molecule has 9 heteroatoms. The SMILES string of the molecule is C[C@H](NC(=O)N1CCN(c2ncnc3cc(-c4ccc(F)cc4)sc23)CC1(C)C)c1ccc(Cl)cc1. The number of thiophene rings is 1. The highest BCUT2D eigenvalue weighted by Crippen LogP contribution is 2.38. The van der Waals surface area contributed by atoms with Crippen LogP contribution in [0.25, 0.3) is 20.7 Å². The van der Waals surface area contributed by atoms with E-state index in [1.165, 1.54) is 12.1 Å². The summed E-state index contributed by atoms with van der Waals surface area (Å²) in [5, 5.41) is 3.80. The van der Waals surface area contributed by atoms with Crippen molar-refractivity contribution in [2.75, 3.05) is 24.5 Å². The van der Waals surface area contributed by atoms with Gasteiger partial charge < -0.3 is 15.1 Å². The molecular formula is C27H27ClFN5OS. The van der Waals surface area contributed by atoms with E-state index in [-0.39, 0.29) is 17.9 Å². The molecule has 2 aromatic carbocycles. The molecule has 2 aromatic heterocycles. The number of nitrogens with one attached hydrogen (secondary N) is 1. The highest BCUT2D eigenvalue weighted by atomic mass is 35.5. The molecule has 0 aliphatic carbocycles. The quantitative estimate of drug-likeness (QED) is 0.330. The third kappa shape index (κ3) is 4.88. The average molecular weight is 524 g/mol. The number of amides is 2. The van der Waals surface area contributed by atoms with Crippen LogP contribution in [0.1, 0.15) is 32.4 Å². The molecule has 1 N–H and O–H groups in total.